The third-order valence-electron chi connectivity index (χ3n) is 3.97. The van der Waals surface area contributed by atoms with E-state index in [0.29, 0.717) is 23.3 Å². The molecule has 0 aliphatic heterocycles. The number of para-hydroxylation sites is 1. The number of hydrogen-bond acceptors (Lipinski definition) is 3. The Morgan fingerprint density at radius 2 is 1.44 bits per heavy atom. The third kappa shape index (κ3) is 3.02. The topological polar surface area (TPSA) is 44.1 Å². The summed E-state index contributed by atoms with van der Waals surface area (Å²) >= 11 is 0. The van der Waals surface area contributed by atoms with Crippen molar-refractivity contribution in [1.29, 1.82) is 0 Å². The molecule has 1 aromatic heterocycles. The first kappa shape index (κ1) is 15.1. The average molecular weight is 328 g/mol. The average Bonchev–Trinajstić information content (AvgIpc) is 2.69. The van der Waals surface area contributed by atoms with Crippen LogP contribution >= 0.6 is 0 Å². The fourth-order valence-electron chi connectivity index (χ4n) is 2.72. The zero-order valence-electron chi connectivity index (χ0n) is 13.5. The summed E-state index contributed by atoms with van der Waals surface area (Å²) < 4.78 is 1.30. The van der Waals surface area contributed by atoms with E-state index < -0.39 is 0 Å². The molecule has 0 bridgehead atoms. The lowest BCUT2D eigenvalue weighted by Crippen LogP contribution is -2.29. The zero-order chi connectivity index (χ0) is 17.1. The summed E-state index contributed by atoms with van der Waals surface area (Å²) in [6.45, 7) is 0.292. The number of benzene rings is 3. The van der Waals surface area contributed by atoms with Crippen LogP contribution in [-0.2, 0) is 6.61 Å². The number of hydrogen-bond donors (Lipinski definition) is 0. The van der Waals surface area contributed by atoms with Crippen molar-refractivity contribution >= 4 is 10.9 Å². The molecule has 3 aromatic carbocycles. The predicted octanol–water partition coefficient (Wildman–Crippen LogP) is 3.69. The Balaban J connectivity index is 1.85. The first-order valence-electron chi connectivity index (χ1n) is 8.07. The molecule has 0 radical (unpaired) electrons. The van der Waals surface area contributed by atoms with Crippen molar-refractivity contribution < 1.29 is 4.84 Å². The largest absolute Gasteiger partial charge is 0.404 e. The van der Waals surface area contributed by atoms with Crippen LogP contribution in [0.2, 0.25) is 0 Å². The van der Waals surface area contributed by atoms with Gasteiger partial charge in [-0.05, 0) is 17.7 Å². The van der Waals surface area contributed by atoms with Crippen molar-refractivity contribution in [3.63, 3.8) is 0 Å². The molecule has 0 saturated carbocycles. The first-order chi connectivity index (χ1) is 12.3. The van der Waals surface area contributed by atoms with Gasteiger partial charge in [0.05, 0.1) is 10.9 Å². The minimum Gasteiger partial charge on any atom is -0.404 e. The van der Waals surface area contributed by atoms with Crippen molar-refractivity contribution in [2.24, 2.45) is 0 Å². The molecule has 0 unspecified atom stereocenters. The molecule has 0 spiro atoms. The van der Waals surface area contributed by atoms with E-state index in [1.165, 1.54) is 4.73 Å². The Labute approximate surface area is 144 Å². The zero-order valence-corrected chi connectivity index (χ0v) is 13.5. The van der Waals surface area contributed by atoms with Gasteiger partial charge in [-0.1, -0.05) is 72.8 Å². The minimum atomic E-state index is -0.208. The lowest BCUT2D eigenvalue weighted by atomic mass is 10.2. The summed E-state index contributed by atoms with van der Waals surface area (Å²) in [7, 11) is 0. The third-order valence-corrected chi connectivity index (χ3v) is 3.97. The molecule has 4 aromatic rings. The molecule has 0 amide bonds. The Bertz CT molecular complexity index is 1060. The highest BCUT2D eigenvalue weighted by molar-refractivity contribution is 5.79. The maximum Gasteiger partial charge on any atom is 0.294 e. The highest BCUT2D eigenvalue weighted by atomic mass is 16.7. The fourth-order valence-corrected chi connectivity index (χ4v) is 2.72. The van der Waals surface area contributed by atoms with Gasteiger partial charge in [0, 0.05) is 5.56 Å². The second-order valence-electron chi connectivity index (χ2n) is 5.68. The van der Waals surface area contributed by atoms with Gasteiger partial charge in [0.1, 0.15) is 6.61 Å². The lowest BCUT2D eigenvalue weighted by Gasteiger charge is -2.14. The van der Waals surface area contributed by atoms with Crippen LogP contribution in [0.1, 0.15) is 5.56 Å². The summed E-state index contributed by atoms with van der Waals surface area (Å²) in [5, 5.41) is 0.537. The number of fused-ring (bicyclic) bond motifs is 1. The van der Waals surface area contributed by atoms with Gasteiger partial charge in [0.25, 0.3) is 5.56 Å². The smallest absolute Gasteiger partial charge is 0.294 e. The summed E-state index contributed by atoms with van der Waals surface area (Å²) in [6, 6.07) is 26.6. The second kappa shape index (κ2) is 6.61. The van der Waals surface area contributed by atoms with Crippen LogP contribution in [0.4, 0.5) is 0 Å². The molecule has 4 nitrogen and oxygen atoms in total. The molecular formula is C21H16N2O2. The molecule has 0 N–H and O–H groups in total. The van der Waals surface area contributed by atoms with Crippen LogP contribution in [0.15, 0.2) is 89.7 Å². The lowest BCUT2D eigenvalue weighted by molar-refractivity contribution is 0.0921. The predicted molar refractivity (Wildman–Crippen MR) is 98.2 cm³/mol. The molecule has 4 heteroatoms. The van der Waals surface area contributed by atoms with E-state index in [1.54, 1.807) is 6.07 Å². The van der Waals surface area contributed by atoms with Gasteiger partial charge in [-0.25, -0.2) is 4.98 Å². The van der Waals surface area contributed by atoms with Gasteiger partial charge in [-0.2, -0.15) is 0 Å². The van der Waals surface area contributed by atoms with E-state index in [9.17, 15) is 4.79 Å². The second-order valence-corrected chi connectivity index (χ2v) is 5.68. The summed E-state index contributed by atoms with van der Waals surface area (Å²) in [4.78, 5) is 23.5. The van der Waals surface area contributed by atoms with Crippen molar-refractivity contribution in [3.8, 4) is 11.4 Å². The number of aromatic nitrogens is 2. The SMILES string of the molecule is O=c1c2ccccc2nc(-c2ccccc2)n1OCc1ccccc1. The molecule has 0 aliphatic carbocycles. The van der Waals surface area contributed by atoms with Crippen molar-refractivity contribution in [2.75, 3.05) is 0 Å². The number of rotatable bonds is 4. The van der Waals surface area contributed by atoms with Crippen LogP contribution < -0.4 is 10.4 Å². The van der Waals surface area contributed by atoms with Crippen molar-refractivity contribution in [2.45, 2.75) is 6.61 Å². The summed E-state index contributed by atoms with van der Waals surface area (Å²) in [5.74, 6) is 0.500. The molecular weight excluding hydrogens is 312 g/mol. The number of nitrogens with zero attached hydrogens (tertiary/aromatic N) is 2. The first-order valence-corrected chi connectivity index (χ1v) is 8.07. The van der Waals surface area contributed by atoms with Gasteiger partial charge in [0.15, 0.2) is 5.82 Å². The molecule has 0 atom stereocenters. The molecule has 122 valence electrons. The quantitative estimate of drug-likeness (QED) is 0.574. The molecule has 25 heavy (non-hydrogen) atoms. The Hall–Kier alpha value is -3.40. The van der Waals surface area contributed by atoms with Crippen molar-refractivity contribution in [1.82, 2.24) is 9.71 Å². The van der Waals surface area contributed by atoms with Crippen molar-refractivity contribution in [3.05, 3.63) is 101 Å². The highest BCUT2D eigenvalue weighted by Gasteiger charge is 2.13. The maximum absolute atomic E-state index is 12.9. The van der Waals surface area contributed by atoms with E-state index >= 15 is 0 Å². The molecule has 4 rings (SSSR count). The van der Waals surface area contributed by atoms with Gasteiger partial charge >= 0.3 is 0 Å². The highest BCUT2D eigenvalue weighted by Crippen LogP contribution is 2.18. The summed E-state index contributed by atoms with van der Waals surface area (Å²) in [5.41, 5.74) is 2.27. The Morgan fingerprint density at radius 1 is 0.800 bits per heavy atom. The maximum atomic E-state index is 12.9. The van der Waals surface area contributed by atoms with Gasteiger partial charge in [0.2, 0.25) is 0 Å². The van der Waals surface area contributed by atoms with Gasteiger partial charge < -0.3 is 4.84 Å². The molecule has 0 fully saturated rings. The fraction of sp³-hybridized carbons (Fsp3) is 0.0476. The molecule has 1 heterocycles. The van der Waals surface area contributed by atoms with Crippen LogP contribution in [0.5, 0.6) is 0 Å². The molecule has 0 aliphatic rings. The normalized spacial score (nSPS) is 10.7. The van der Waals surface area contributed by atoms with Gasteiger partial charge in [-0.15, -0.1) is 4.73 Å². The van der Waals surface area contributed by atoms with Crippen LogP contribution in [0.3, 0.4) is 0 Å². The van der Waals surface area contributed by atoms with Crippen LogP contribution in [-0.4, -0.2) is 9.71 Å². The Morgan fingerprint density at radius 3 is 2.20 bits per heavy atom. The van der Waals surface area contributed by atoms with E-state index in [1.807, 2.05) is 78.9 Å². The Kier molecular flexibility index (Phi) is 4.01. The van der Waals surface area contributed by atoms with E-state index in [-0.39, 0.29) is 5.56 Å². The van der Waals surface area contributed by atoms with Crippen LogP contribution in [0.25, 0.3) is 22.3 Å². The minimum absolute atomic E-state index is 0.208. The standard InChI is InChI=1S/C21H16N2O2/c24-21-18-13-7-8-14-19(18)22-20(17-11-5-2-6-12-17)23(21)25-15-16-9-3-1-4-10-16/h1-14H,15H2. The monoisotopic (exact) mass is 328 g/mol. The molecule has 0 saturated heterocycles. The van der Waals surface area contributed by atoms with Gasteiger partial charge in [-0.3, -0.25) is 4.79 Å². The van der Waals surface area contributed by atoms with E-state index in [2.05, 4.69) is 4.98 Å². The van der Waals surface area contributed by atoms with E-state index in [4.69, 9.17) is 4.84 Å². The van der Waals surface area contributed by atoms with E-state index in [0.717, 1.165) is 11.1 Å². The van der Waals surface area contributed by atoms with Crippen LogP contribution in [0, 0.1) is 0 Å². The summed E-state index contributed by atoms with van der Waals surface area (Å²) in [6.07, 6.45) is 0.